The molecule has 1 rings (SSSR count). The van der Waals surface area contributed by atoms with Crippen molar-refractivity contribution in [1.82, 2.24) is 10.6 Å². The Bertz CT molecular complexity index is 307. The monoisotopic (exact) mass is 240 g/mol. The lowest BCUT2D eigenvalue weighted by Crippen LogP contribution is -2.38. The molecule has 0 saturated heterocycles. The van der Waals surface area contributed by atoms with E-state index in [4.69, 9.17) is 0 Å². The molecule has 0 unspecified atom stereocenters. The normalized spacial score (nSPS) is 23.9. The van der Waals surface area contributed by atoms with Crippen LogP contribution in [0.4, 0.5) is 0 Å². The molecule has 0 spiro atoms. The second-order valence-corrected chi connectivity index (χ2v) is 4.58. The number of carbonyl (C=O) groups is 3. The molecule has 1 fully saturated rings. The molecular weight excluding hydrogens is 220 g/mol. The van der Waals surface area contributed by atoms with Gasteiger partial charge in [-0.3, -0.25) is 14.4 Å². The SMILES string of the molecule is CNC(=O)C1CCC(C(=O)NCC(C)=O)CC1. The Hall–Kier alpha value is -1.39. The third kappa shape index (κ3) is 4.17. The van der Waals surface area contributed by atoms with Gasteiger partial charge in [0.2, 0.25) is 11.8 Å². The van der Waals surface area contributed by atoms with Crippen LogP contribution in [0.5, 0.6) is 0 Å². The smallest absolute Gasteiger partial charge is 0.223 e. The molecule has 0 aliphatic heterocycles. The van der Waals surface area contributed by atoms with E-state index in [1.807, 2.05) is 0 Å². The molecule has 1 aliphatic rings. The van der Waals surface area contributed by atoms with Crippen molar-refractivity contribution < 1.29 is 14.4 Å². The number of hydrogen-bond acceptors (Lipinski definition) is 3. The molecule has 0 aromatic rings. The third-order valence-corrected chi connectivity index (χ3v) is 3.23. The van der Waals surface area contributed by atoms with Gasteiger partial charge in [-0.2, -0.15) is 0 Å². The summed E-state index contributed by atoms with van der Waals surface area (Å²) >= 11 is 0. The predicted molar refractivity (Wildman–Crippen MR) is 63.2 cm³/mol. The van der Waals surface area contributed by atoms with E-state index in [-0.39, 0.29) is 36.0 Å². The van der Waals surface area contributed by atoms with Gasteiger partial charge in [0.1, 0.15) is 5.78 Å². The number of Topliss-reactive ketones (excluding diaryl/α,β-unsaturated/α-hetero) is 1. The number of ketones is 1. The van der Waals surface area contributed by atoms with Crippen LogP contribution < -0.4 is 10.6 Å². The zero-order valence-electron chi connectivity index (χ0n) is 10.4. The lowest BCUT2D eigenvalue weighted by Gasteiger charge is -2.26. The van der Waals surface area contributed by atoms with Gasteiger partial charge in [0, 0.05) is 18.9 Å². The van der Waals surface area contributed by atoms with Gasteiger partial charge >= 0.3 is 0 Å². The molecule has 1 saturated carbocycles. The third-order valence-electron chi connectivity index (χ3n) is 3.23. The van der Waals surface area contributed by atoms with Crippen LogP contribution in [0.3, 0.4) is 0 Å². The zero-order valence-corrected chi connectivity index (χ0v) is 10.4. The van der Waals surface area contributed by atoms with E-state index in [0.29, 0.717) is 0 Å². The Morgan fingerprint density at radius 1 is 1.00 bits per heavy atom. The molecule has 0 radical (unpaired) electrons. The molecule has 1 aliphatic carbocycles. The van der Waals surface area contributed by atoms with Gasteiger partial charge in [-0.25, -0.2) is 0 Å². The molecule has 2 amide bonds. The van der Waals surface area contributed by atoms with E-state index in [9.17, 15) is 14.4 Å². The van der Waals surface area contributed by atoms with Gasteiger partial charge in [-0.1, -0.05) is 0 Å². The number of amides is 2. The largest absolute Gasteiger partial charge is 0.359 e. The van der Waals surface area contributed by atoms with Gasteiger partial charge in [0.15, 0.2) is 0 Å². The van der Waals surface area contributed by atoms with E-state index >= 15 is 0 Å². The van der Waals surface area contributed by atoms with Crippen LogP contribution in [0, 0.1) is 11.8 Å². The molecule has 0 heterocycles. The van der Waals surface area contributed by atoms with E-state index in [2.05, 4.69) is 10.6 Å². The first kappa shape index (κ1) is 13.7. The average molecular weight is 240 g/mol. The number of rotatable bonds is 4. The summed E-state index contributed by atoms with van der Waals surface area (Å²) in [4.78, 5) is 33.8. The molecule has 2 N–H and O–H groups in total. The van der Waals surface area contributed by atoms with Gasteiger partial charge in [-0.15, -0.1) is 0 Å². The number of nitrogens with one attached hydrogen (secondary N) is 2. The van der Waals surface area contributed by atoms with Crippen molar-refractivity contribution in [3.63, 3.8) is 0 Å². The van der Waals surface area contributed by atoms with Crippen molar-refractivity contribution in [3.05, 3.63) is 0 Å². The number of carbonyl (C=O) groups excluding carboxylic acids is 3. The van der Waals surface area contributed by atoms with E-state index in [1.54, 1.807) is 7.05 Å². The predicted octanol–water partition coefficient (Wildman–Crippen LogP) is 0.244. The fourth-order valence-corrected chi connectivity index (χ4v) is 2.18. The van der Waals surface area contributed by atoms with Crippen LogP contribution in [0.1, 0.15) is 32.6 Å². The first-order chi connectivity index (χ1) is 8.04. The van der Waals surface area contributed by atoms with Crippen LogP contribution in [-0.4, -0.2) is 31.2 Å². The molecule has 96 valence electrons. The summed E-state index contributed by atoms with van der Waals surface area (Å²) < 4.78 is 0. The van der Waals surface area contributed by atoms with Crippen molar-refractivity contribution >= 4 is 17.6 Å². The van der Waals surface area contributed by atoms with Crippen molar-refractivity contribution in [2.24, 2.45) is 11.8 Å². The average Bonchev–Trinajstić information content (AvgIpc) is 2.35. The highest BCUT2D eigenvalue weighted by atomic mass is 16.2. The molecule has 17 heavy (non-hydrogen) atoms. The van der Waals surface area contributed by atoms with Crippen molar-refractivity contribution in [1.29, 1.82) is 0 Å². The zero-order chi connectivity index (χ0) is 12.8. The summed E-state index contributed by atoms with van der Waals surface area (Å²) in [6.45, 7) is 1.55. The summed E-state index contributed by atoms with van der Waals surface area (Å²) in [5.41, 5.74) is 0. The maximum Gasteiger partial charge on any atom is 0.223 e. The van der Waals surface area contributed by atoms with Crippen LogP contribution in [0.15, 0.2) is 0 Å². The van der Waals surface area contributed by atoms with Gasteiger partial charge in [0.25, 0.3) is 0 Å². The molecule has 5 heteroatoms. The Labute approximate surface area is 101 Å². The highest BCUT2D eigenvalue weighted by Crippen LogP contribution is 2.28. The Morgan fingerprint density at radius 3 is 1.88 bits per heavy atom. The Balaban J connectivity index is 2.33. The minimum atomic E-state index is -0.0597. The summed E-state index contributed by atoms with van der Waals surface area (Å²) in [7, 11) is 1.63. The maximum absolute atomic E-state index is 11.7. The van der Waals surface area contributed by atoms with Gasteiger partial charge < -0.3 is 10.6 Å². The highest BCUT2D eigenvalue weighted by molar-refractivity contribution is 5.86. The molecule has 0 bridgehead atoms. The van der Waals surface area contributed by atoms with E-state index in [1.165, 1.54) is 6.92 Å². The number of hydrogen-bond donors (Lipinski definition) is 2. The molecule has 0 atom stereocenters. The van der Waals surface area contributed by atoms with Crippen molar-refractivity contribution in [3.8, 4) is 0 Å². The summed E-state index contributed by atoms with van der Waals surface area (Å²) in [5, 5.41) is 5.26. The van der Waals surface area contributed by atoms with E-state index < -0.39 is 0 Å². The second kappa shape index (κ2) is 6.37. The molecule has 0 aromatic carbocycles. The quantitative estimate of drug-likeness (QED) is 0.739. The summed E-state index contributed by atoms with van der Waals surface area (Å²) in [6, 6.07) is 0. The Morgan fingerprint density at radius 2 is 1.47 bits per heavy atom. The van der Waals surface area contributed by atoms with Crippen LogP contribution in [0.2, 0.25) is 0 Å². The van der Waals surface area contributed by atoms with Crippen LogP contribution in [0.25, 0.3) is 0 Å². The lowest BCUT2D eigenvalue weighted by molar-refractivity contribution is -0.131. The fourth-order valence-electron chi connectivity index (χ4n) is 2.18. The lowest BCUT2D eigenvalue weighted by atomic mass is 9.81. The maximum atomic E-state index is 11.7. The topological polar surface area (TPSA) is 75.3 Å². The van der Waals surface area contributed by atoms with E-state index in [0.717, 1.165) is 25.7 Å². The summed E-state index contributed by atoms with van der Waals surface area (Å²) in [5.74, 6) is -0.0485. The molecule has 0 aromatic heterocycles. The summed E-state index contributed by atoms with van der Waals surface area (Å²) in [6.07, 6.45) is 2.94. The highest BCUT2D eigenvalue weighted by Gasteiger charge is 2.29. The minimum absolute atomic E-state index is 0.0388. The van der Waals surface area contributed by atoms with Gasteiger partial charge in [0.05, 0.1) is 6.54 Å². The second-order valence-electron chi connectivity index (χ2n) is 4.58. The van der Waals surface area contributed by atoms with Gasteiger partial charge in [-0.05, 0) is 32.6 Å². The first-order valence-corrected chi connectivity index (χ1v) is 6.03. The van der Waals surface area contributed by atoms with Crippen molar-refractivity contribution in [2.45, 2.75) is 32.6 Å². The van der Waals surface area contributed by atoms with Crippen LogP contribution >= 0.6 is 0 Å². The van der Waals surface area contributed by atoms with Crippen molar-refractivity contribution in [2.75, 3.05) is 13.6 Å². The Kier molecular flexibility index (Phi) is 5.12. The minimum Gasteiger partial charge on any atom is -0.359 e. The molecule has 5 nitrogen and oxygen atoms in total. The van der Waals surface area contributed by atoms with Crippen LogP contribution in [-0.2, 0) is 14.4 Å². The standard InChI is InChI=1S/C12H20N2O3/c1-8(15)7-14-12(17)10-5-3-9(4-6-10)11(16)13-2/h9-10H,3-7H2,1-2H3,(H,13,16)(H,14,17). The molecular formula is C12H20N2O3. The fraction of sp³-hybridized carbons (Fsp3) is 0.750. The first-order valence-electron chi connectivity index (χ1n) is 6.03.